The second-order valence-corrected chi connectivity index (χ2v) is 12.0. The molecular formula is C30H61N17O5. The zero-order valence-electron chi connectivity index (χ0n) is 30.1. The number of aliphatic imine (C=N–C) groups is 4. The summed E-state index contributed by atoms with van der Waals surface area (Å²) < 4.78 is 0. The monoisotopic (exact) mass is 740 g/mol. The van der Waals surface area contributed by atoms with Gasteiger partial charge in [0.2, 0.25) is 29.5 Å². The molecule has 0 bridgehead atoms. The molecule has 0 aliphatic heterocycles. The normalized spacial score (nSPS) is 12.8. The van der Waals surface area contributed by atoms with Gasteiger partial charge in [-0.1, -0.05) is 19.8 Å². The first-order valence-electron chi connectivity index (χ1n) is 17.3. The van der Waals surface area contributed by atoms with Crippen LogP contribution >= 0.6 is 0 Å². The lowest BCUT2D eigenvalue weighted by Gasteiger charge is -2.26. The number of unbranched alkanes of at least 4 members (excludes halogenated alkanes) is 2. The predicted molar refractivity (Wildman–Crippen MR) is 201 cm³/mol. The third-order valence-corrected chi connectivity index (χ3v) is 7.37. The van der Waals surface area contributed by atoms with E-state index >= 15 is 0 Å². The molecule has 0 aliphatic rings. The second-order valence-electron chi connectivity index (χ2n) is 12.0. The summed E-state index contributed by atoms with van der Waals surface area (Å²) in [6.45, 7) is 2.67. The molecule has 4 atom stereocenters. The lowest BCUT2D eigenvalue weighted by atomic mass is 10.0. The fourth-order valence-corrected chi connectivity index (χ4v) is 4.73. The van der Waals surface area contributed by atoms with Crippen LogP contribution in [-0.2, 0) is 24.0 Å². The molecule has 52 heavy (non-hydrogen) atoms. The molecule has 0 radical (unpaired) electrons. The number of rotatable bonds is 28. The number of guanidine groups is 4. The topological polar surface area (TPSA) is 417 Å². The van der Waals surface area contributed by atoms with Gasteiger partial charge in [0.1, 0.15) is 24.2 Å². The number of hydrogen-bond acceptors (Lipinski definition) is 9. The van der Waals surface area contributed by atoms with Crippen LogP contribution in [0, 0.1) is 0 Å². The highest BCUT2D eigenvalue weighted by molar-refractivity contribution is 5.95. The largest absolute Gasteiger partial charge is 0.370 e. The van der Waals surface area contributed by atoms with Crippen molar-refractivity contribution in [2.24, 2.45) is 71.6 Å². The average Bonchev–Trinajstić information content (AvgIpc) is 3.05. The van der Waals surface area contributed by atoms with E-state index in [1.165, 1.54) is 0 Å². The fraction of sp³-hybridized carbons (Fsp3) is 0.700. The highest BCUT2D eigenvalue weighted by atomic mass is 16.2. The van der Waals surface area contributed by atoms with Crippen molar-refractivity contribution in [3.05, 3.63) is 0 Å². The summed E-state index contributed by atoms with van der Waals surface area (Å²) in [4.78, 5) is 81.4. The van der Waals surface area contributed by atoms with Crippen LogP contribution in [0.3, 0.4) is 0 Å². The molecule has 0 heterocycles. The Bertz CT molecular complexity index is 1240. The second kappa shape index (κ2) is 27.2. The maximum absolute atomic E-state index is 13.8. The van der Waals surface area contributed by atoms with E-state index in [2.05, 4.69) is 41.2 Å². The van der Waals surface area contributed by atoms with Crippen molar-refractivity contribution in [3.8, 4) is 0 Å². The molecule has 22 nitrogen and oxygen atoms in total. The van der Waals surface area contributed by atoms with E-state index < -0.39 is 47.8 Å². The molecule has 0 saturated heterocycles. The van der Waals surface area contributed by atoms with Gasteiger partial charge >= 0.3 is 0 Å². The van der Waals surface area contributed by atoms with Crippen molar-refractivity contribution < 1.29 is 24.0 Å². The Morgan fingerprint density at radius 2 is 0.750 bits per heavy atom. The maximum atomic E-state index is 13.8. The summed E-state index contributed by atoms with van der Waals surface area (Å²) in [5, 5.41) is 10.7. The zero-order chi connectivity index (χ0) is 39.5. The van der Waals surface area contributed by atoms with Gasteiger partial charge in [-0.05, 0) is 57.8 Å². The Kier molecular flexibility index (Phi) is 24.3. The first-order chi connectivity index (χ1) is 24.6. The lowest BCUT2D eigenvalue weighted by molar-refractivity contribution is -0.134. The van der Waals surface area contributed by atoms with E-state index in [0.29, 0.717) is 19.3 Å². The minimum atomic E-state index is -1.20. The summed E-state index contributed by atoms with van der Waals surface area (Å²) in [7, 11) is 0. The quantitative estimate of drug-likeness (QED) is 0.0204. The molecule has 0 aliphatic carbocycles. The van der Waals surface area contributed by atoms with Crippen LogP contribution in [0.15, 0.2) is 20.0 Å². The van der Waals surface area contributed by atoms with E-state index in [1.54, 1.807) is 0 Å². The van der Waals surface area contributed by atoms with Crippen molar-refractivity contribution in [1.82, 2.24) is 21.3 Å². The SMILES string of the molecule is CCCCCC(=O)N[C@@H](CCCN=C(N)N)C(=O)N[C@@H](CCCN=C(N)N)C(=O)N[C@@H](CCCN=C(N)N)C(=O)N[C@@H](CCCN=C(N)N)C(N)=O. The van der Waals surface area contributed by atoms with Crippen LogP contribution in [0.2, 0.25) is 0 Å². The van der Waals surface area contributed by atoms with Crippen molar-refractivity contribution in [2.45, 2.75) is 108 Å². The van der Waals surface area contributed by atoms with Gasteiger partial charge in [-0.2, -0.15) is 0 Å². The minimum Gasteiger partial charge on any atom is -0.370 e. The van der Waals surface area contributed by atoms with E-state index in [4.69, 9.17) is 51.6 Å². The van der Waals surface area contributed by atoms with Gasteiger partial charge in [0.15, 0.2) is 23.8 Å². The van der Waals surface area contributed by atoms with Gasteiger partial charge in [0.05, 0.1) is 0 Å². The first-order valence-corrected chi connectivity index (χ1v) is 17.3. The van der Waals surface area contributed by atoms with E-state index in [9.17, 15) is 24.0 Å². The molecule has 296 valence electrons. The standard InChI is InChI=1S/C30H61N17O5/c1-2-3-4-13-22(48)44-19(10-6-15-41-28(34)35)24(50)46-21(12-8-17-43-30(38)39)26(52)47-20(11-7-16-42-29(36)37)25(51)45-18(23(31)49)9-5-14-40-27(32)33/h18-21H,2-17H2,1H3,(H2,31,49)(H,44,48)(H,45,51)(H,46,50)(H,47,52)(H4,32,33,40)(H4,34,35,41)(H4,36,37,42)(H4,38,39,43)/t18-,19-,20-,21-/m0/s1. The zero-order valence-corrected chi connectivity index (χ0v) is 30.1. The molecule has 0 aromatic heterocycles. The number of carbonyl (C=O) groups excluding carboxylic acids is 5. The van der Waals surface area contributed by atoms with Crippen molar-refractivity contribution >= 4 is 53.4 Å². The number of carbonyl (C=O) groups is 5. The molecular weight excluding hydrogens is 678 g/mol. The Hall–Kier alpha value is -5.57. The van der Waals surface area contributed by atoms with Crippen LogP contribution in [0.4, 0.5) is 0 Å². The summed E-state index contributed by atoms with van der Waals surface area (Å²) in [6.07, 6.45) is 4.15. The molecule has 0 aromatic carbocycles. The van der Waals surface area contributed by atoms with E-state index in [0.717, 1.165) is 12.8 Å². The summed E-state index contributed by atoms with van der Waals surface area (Å²) in [5.41, 5.74) is 48.8. The summed E-state index contributed by atoms with van der Waals surface area (Å²) in [6, 6.07) is -4.52. The highest BCUT2D eigenvalue weighted by Gasteiger charge is 2.30. The smallest absolute Gasteiger partial charge is 0.243 e. The molecule has 0 spiro atoms. The van der Waals surface area contributed by atoms with Crippen LogP contribution in [-0.4, -0.2) is 104 Å². The molecule has 0 fully saturated rings. The molecule has 22 N–H and O–H groups in total. The Morgan fingerprint density at radius 1 is 0.442 bits per heavy atom. The molecule has 0 saturated carbocycles. The Balaban J connectivity index is 6.22. The van der Waals surface area contributed by atoms with Gasteiger partial charge in [0, 0.05) is 32.6 Å². The predicted octanol–water partition coefficient (Wildman–Crippen LogP) is -4.79. The van der Waals surface area contributed by atoms with Gasteiger partial charge in [-0.3, -0.25) is 43.9 Å². The molecule has 5 amide bonds. The van der Waals surface area contributed by atoms with Crippen LogP contribution < -0.4 is 72.9 Å². The van der Waals surface area contributed by atoms with Crippen LogP contribution in [0.5, 0.6) is 0 Å². The van der Waals surface area contributed by atoms with Gasteiger partial charge < -0.3 is 72.9 Å². The fourth-order valence-electron chi connectivity index (χ4n) is 4.73. The third kappa shape index (κ3) is 23.7. The highest BCUT2D eigenvalue weighted by Crippen LogP contribution is 2.08. The first kappa shape index (κ1) is 46.4. The Morgan fingerprint density at radius 3 is 1.06 bits per heavy atom. The van der Waals surface area contributed by atoms with Gasteiger partial charge in [-0.25, -0.2) is 0 Å². The molecule has 0 unspecified atom stereocenters. The van der Waals surface area contributed by atoms with Crippen LogP contribution in [0.25, 0.3) is 0 Å². The van der Waals surface area contributed by atoms with E-state index in [-0.39, 0.29) is 101 Å². The van der Waals surface area contributed by atoms with Gasteiger partial charge in [-0.15, -0.1) is 0 Å². The maximum Gasteiger partial charge on any atom is 0.243 e. The third-order valence-electron chi connectivity index (χ3n) is 7.37. The number of hydrogen-bond donors (Lipinski definition) is 13. The Labute approximate surface area is 304 Å². The minimum absolute atomic E-state index is 0.0454. The lowest BCUT2D eigenvalue weighted by Crippen LogP contribution is -2.58. The summed E-state index contributed by atoms with van der Waals surface area (Å²) >= 11 is 0. The van der Waals surface area contributed by atoms with Crippen molar-refractivity contribution in [2.75, 3.05) is 26.2 Å². The average molecular weight is 740 g/mol. The van der Waals surface area contributed by atoms with Crippen molar-refractivity contribution in [1.29, 1.82) is 0 Å². The van der Waals surface area contributed by atoms with Crippen LogP contribution in [0.1, 0.15) is 84.0 Å². The summed E-state index contributed by atoms with van der Waals surface area (Å²) in [5.74, 6) is -3.78. The molecule has 22 heteroatoms. The number of nitrogens with two attached hydrogens (primary N) is 9. The van der Waals surface area contributed by atoms with Gasteiger partial charge in [0.25, 0.3) is 0 Å². The number of nitrogens with zero attached hydrogens (tertiary/aromatic N) is 4. The van der Waals surface area contributed by atoms with E-state index in [1.807, 2.05) is 6.92 Å². The number of nitrogens with one attached hydrogen (secondary N) is 4. The number of amides is 5. The molecule has 0 aromatic rings. The number of primary amides is 1. The van der Waals surface area contributed by atoms with Crippen molar-refractivity contribution in [3.63, 3.8) is 0 Å². The molecule has 0 rings (SSSR count).